The van der Waals surface area contributed by atoms with Crippen LogP contribution in [-0.4, -0.2) is 15.0 Å². The Morgan fingerprint density at radius 2 is 0.646 bits per heavy atom. The number of benzene rings is 9. The lowest BCUT2D eigenvalue weighted by atomic mass is 9.69. The number of rotatable bonds is 6. The van der Waals surface area contributed by atoms with Gasteiger partial charge in [0.2, 0.25) is 0 Å². The summed E-state index contributed by atoms with van der Waals surface area (Å²) in [5, 5.41) is 2.41. The van der Waals surface area contributed by atoms with Crippen LogP contribution in [0.5, 0.6) is 0 Å². The summed E-state index contributed by atoms with van der Waals surface area (Å²) in [6, 6.07) is 84.8. The van der Waals surface area contributed by atoms with Crippen molar-refractivity contribution in [2.45, 2.75) is 5.41 Å². The monoisotopic (exact) mass is 825 g/mol. The fourth-order valence-corrected chi connectivity index (χ4v) is 10.6. The second-order valence-corrected chi connectivity index (χ2v) is 17.0. The number of aromatic nitrogens is 3. The van der Waals surface area contributed by atoms with Gasteiger partial charge in [0.05, 0.1) is 28.2 Å². The largest absolute Gasteiger partial charge is 0.247 e. The molecule has 9 aromatic carbocycles. The number of nitrogens with zero attached hydrogens (tertiary/aromatic N) is 3. The minimum atomic E-state index is -0.447. The Morgan fingerprint density at radius 1 is 0.262 bits per heavy atom. The van der Waals surface area contributed by atoms with Gasteiger partial charge in [0.15, 0.2) is 5.82 Å². The maximum Gasteiger partial charge on any atom is 0.160 e. The molecule has 0 radical (unpaired) electrons. The van der Waals surface area contributed by atoms with Crippen LogP contribution >= 0.6 is 0 Å². The van der Waals surface area contributed by atoms with Crippen LogP contribution in [0.4, 0.5) is 0 Å². The lowest BCUT2D eigenvalue weighted by molar-refractivity contribution is 0.799. The van der Waals surface area contributed by atoms with E-state index in [0.717, 1.165) is 72.7 Å². The summed E-state index contributed by atoms with van der Waals surface area (Å²) in [6.45, 7) is 0. The molecule has 3 nitrogen and oxygen atoms in total. The third-order valence-corrected chi connectivity index (χ3v) is 13.5. The SMILES string of the molecule is c1ccc(-c2cc(-c3ccccc3)nc(-c3ccc(-c4ccc(-c5ccc(-c6nc7c(c8ccccc68)C6(c8ccccc8-c8ccccc86)c6ccccc6-7)cc5)cc4)cc3)n2)cc1. The van der Waals surface area contributed by atoms with E-state index in [1.807, 2.05) is 36.4 Å². The van der Waals surface area contributed by atoms with Gasteiger partial charge in [0.25, 0.3) is 0 Å². The van der Waals surface area contributed by atoms with Gasteiger partial charge < -0.3 is 0 Å². The summed E-state index contributed by atoms with van der Waals surface area (Å²) >= 11 is 0. The van der Waals surface area contributed by atoms with Crippen molar-refractivity contribution in [1.82, 2.24) is 15.0 Å². The van der Waals surface area contributed by atoms with Gasteiger partial charge in [0.1, 0.15) is 0 Å². The third-order valence-electron chi connectivity index (χ3n) is 13.5. The topological polar surface area (TPSA) is 38.7 Å². The molecule has 2 aliphatic carbocycles. The van der Waals surface area contributed by atoms with E-state index < -0.39 is 5.41 Å². The molecule has 0 aliphatic heterocycles. The van der Waals surface area contributed by atoms with E-state index in [9.17, 15) is 0 Å². The van der Waals surface area contributed by atoms with E-state index in [1.165, 1.54) is 44.3 Å². The Bertz CT molecular complexity index is 3510. The molecule has 3 heteroatoms. The highest BCUT2D eigenvalue weighted by molar-refractivity contribution is 6.06. The zero-order chi connectivity index (χ0) is 42.9. The molecule has 0 unspecified atom stereocenters. The Labute approximate surface area is 378 Å². The van der Waals surface area contributed by atoms with E-state index in [2.05, 4.69) is 200 Å². The van der Waals surface area contributed by atoms with Crippen molar-refractivity contribution < 1.29 is 0 Å². The van der Waals surface area contributed by atoms with Crippen LogP contribution in [0.1, 0.15) is 22.3 Å². The van der Waals surface area contributed by atoms with E-state index >= 15 is 0 Å². The lowest BCUT2D eigenvalue weighted by Gasteiger charge is -2.31. The van der Waals surface area contributed by atoms with Gasteiger partial charge in [-0.25, -0.2) is 15.0 Å². The number of hydrogen-bond donors (Lipinski definition) is 0. The smallest absolute Gasteiger partial charge is 0.160 e. The van der Waals surface area contributed by atoms with Gasteiger partial charge in [-0.2, -0.15) is 0 Å². The lowest BCUT2D eigenvalue weighted by Crippen LogP contribution is -2.26. The molecule has 65 heavy (non-hydrogen) atoms. The molecule has 11 aromatic rings. The van der Waals surface area contributed by atoms with Gasteiger partial charge in [-0.05, 0) is 61.5 Å². The summed E-state index contributed by atoms with van der Waals surface area (Å²) in [4.78, 5) is 15.7. The van der Waals surface area contributed by atoms with Gasteiger partial charge in [-0.15, -0.1) is 0 Å². The van der Waals surface area contributed by atoms with Crippen molar-refractivity contribution in [3.8, 4) is 89.8 Å². The molecule has 2 aromatic heterocycles. The second-order valence-electron chi connectivity index (χ2n) is 17.0. The minimum absolute atomic E-state index is 0.447. The van der Waals surface area contributed by atoms with Crippen molar-refractivity contribution in [2.24, 2.45) is 0 Å². The molecule has 0 bridgehead atoms. The predicted octanol–water partition coefficient (Wildman–Crippen LogP) is 15.4. The molecular weight excluding hydrogens is 787 g/mol. The maximum absolute atomic E-state index is 5.66. The molecule has 0 fully saturated rings. The number of pyridine rings is 1. The normalized spacial score (nSPS) is 12.7. The van der Waals surface area contributed by atoms with Crippen LogP contribution in [0.25, 0.3) is 101 Å². The molecule has 0 amide bonds. The van der Waals surface area contributed by atoms with Crippen LogP contribution in [0, 0.1) is 0 Å². The van der Waals surface area contributed by atoms with Gasteiger partial charge in [-0.3, -0.25) is 0 Å². The average Bonchev–Trinajstić information content (AvgIpc) is 3.86. The van der Waals surface area contributed by atoms with E-state index in [1.54, 1.807) is 0 Å². The van der Waals surface area contributed by atoms with Gasteiger partial charge >= 0.3 is 0 Å². The molecule has 13 rings (SSSR count). The number of hydrogen-bond acceptors (Lipinski definition) is 3. The molecule has 0 N–H and O–H groups in total. The number of fused-ring (bicyclic) bond motifs is 12. The summed E-state index contributed by atoms with van der Waals surface area (Å²) in [5.74, 6) is 0.706. The molecule has 302 valence electrons. The highest BCUT2D eigenvalue weighted by atomic mass is 14.9. The zero-order valence-corrected chi connectivity index (χ0v) is 35.4. The summed E-state index contributed by atoms with van der Waals surface area (Å²) in [5.41, 5.74) is 21.3. The minimum Gasteiger partial charge on any atom is -0.247 e. The summed E-state index contributed by atoms with van der Waals surface area (Å²) in [6.07, 6.45) is 0. The van der Waals surface area contributed by atoms with Gasteiger partial charge in [0, 0.05) is 38.8 Å². The average molecular weight is 826 g/mol. The molecule has 2 aliphatic rings. The second kappa shape index (κ2) is 14.8. The van der Waals surface area contributed by atoms with Crippen molar-refractivity contribution in [3.63, 3.8) is 0 Å². The standard InChI is InChI=1S/C62H39N3/c1-3-15-44(16-4-1)56-39-57(45-17-5-2-6-18-45)64-61(63-56)47-37-33-43(34-38-47)41-29-27-40(28-30-41)42-31-35-46(36-32-42)59-51-22-8-7-21-50(51)58-60(65-59)52-23-11-14-26-55(52)62(58)53-24-12-9-19-48(53)49-20-10-13-25-54(49)62/h1-39H. The third kappa shape index (κ3) is 5.79. The Hall–Kier alpha value is -8.53. The van der Waals surface area contributed by atoms with E-state index in [0.29, 0.717) is 5.82 Å². The Morgan fingerprint density at radius 3 is 1.15 bits per heavy atom. The Kier molecular flexibility index (Phi) is 8.44. The van der Waals surface area contributed by atoms with Crippen LogP contribution in [0.15, 0.2) is 237 Å². The van der Waals surface area contributed by atoms with Crippen molar-refractivity contribution in [1.29, 1.82) is 0 Å². The van der Waals surface area contributed by atoms with Crippen molar-refractivity contribution >= 4 is 10.8 Å². The maximum atomic E-state index is 5.66. The molecule has 0 saturated carbocycles. The molecule has 1 spiro atoms. The molecule has 0 atom stereocenters. The molecule has 0 saturated heterocycles. The van der Waals surface area contributed by atoms with Crippen LogP contribution in [0.2, 0.25) is 0 Å². The fourth-order valence-electron chi connectivity index (χ4n) is 10.6. The van der Waals surface area contributed by atoms with Crippen LogP contribution in [-0.2, 0) is 5.41 Å². The zero-order valence-electron chi connectivity index (χ0n) is 35.4. The summed E-state index contributed by atoms with van der Waals surface area (Å²) < 4.78 is 0. The molecular formula is C62H39N3. The van der Waals surface area contributed by atoms with Crippen molar-refractivity contribution in [3.05, 3.63) is 259 Å². The van der Waals surface area contributed by atoms with Crippen LogP contribution < -0.4 is 0 Å². The van der Waals surface area contributed by atoms with Crippen molar-refractivity contribution in [2.75, 3.05) is 0 Å². The van der Waals surface area contributed by atoms with Gasteiger partial charge in [-0.1, -0.05) is 231 Å². The highest BCUT2D eigenvalue weighted by Gasteiger charge is 2.53. The first-order chi connectivity index (χ1) is 32.2. The highest BCUT2D eigenvalue weighted by Crippen LogP contribution is 2.64. The van der Waals surface area contributed by atoms with E-state index in [-0.39, 0.29) is 0 Å². The van der Waals surface area contributed by atoms with Crippen LogP contribution in [0.3, 0.4) is 0 Å². The first-order valence-electron chi connectivity index (χ1n) is 22.3. The first-order valence-corrected chi connectivity index (χ1v) is 22.3. The quantitative estimate of drug-likeness (QED) is 0.168. The summed E-state index contributed by atoms with van der Waals surface area (Å²) in [7, 11) is 0. The Balaban J connectivity index is 0.828. The molecule has 2 heterocycles. The fraction of sp³-hybridized carbons (Fsp3) is 0.0161. The predicted molar refractivity (Wildman–Crippen MR) is 266 cm³/mol. The first kappa shape index (κ1) is 37.1. The van der Waals surface area contributed by atoms with E-state index in [4.69, 9.17) is 15.0 Å².